The number of nitrogens with zero attached hydrogens (tertiary/aromatic N) is 5. The number of aryl methyl sites for hydroxylation is 3. The number of hydrogen-bond acceptors (Lipinski definition) is 4. The first-order valence-corrected chi connectivity index (χ1v) is 11.6. The van der Waals surface area contributed by atoms with Gasteiger partial charge < -0.3 is 5.32 Å². The number of rotatable bonds is 5. The number of aromatic nitrogens is 5. The molecule has 1 atom stereocenters. The summed E-state index contributed by atoms with van der Waals surface area (Å²) in [5.41, 5.74) is 4.64. The molecule has 7 nitrogen and oxygen atoms in total. The molecular weight excluding hydrogens is 457 g/mol. The monoisotopic (exact) mass is 482 g/mol. The molecule has 1 amide bonds. The normalized spacial score (nSPS) is 15.9. The maximum atomic E-state index is 13.1. The summed E-state index contributed by atoms with van der Waals surface area (Å²) in [6.07, 6.45) is -1.81. The maximum absolute atomic E-state index is 13.1. The summed E-state index contributed by atoms with van der Waals surface area (Å²) in [6, 6.07) is 11.2. The molecule has 4 aromatic rings. The van der Waals surface area contributed by atoms with Gasteiger partial charge in [-0.25, -0.2) is 14.6 Å². The third kappa shape index (κ3) is 4.52. The van der Waals surface area contributed by atoms with Crippen molar-refractivity contribution in [2.24, 2.45) is 5.92 Å². The highest BCUT2D eigenvalue weighted by Crippen LogP contribution is 2.34. The maximum Gasteiger partial charge on any atom is 0.392 e. The van der Waals surface area contributed by atoms with Gasteiger partial charge in [0.2, 0.25) is 0 Å². The lowest BCUT2D eigenvalue weighted by atomic mass is 9.98. The molecule has 0 aliphatic carbocycles. The Balaban J connectivity index is 1.28. The molecule has 0 saturated carbocycles. The van der Waals surface area contributed by atoms with E-state index in [-0.39, 0.29) is 25.3 Å². The Bertz CT molecular complexity index is 1390. The minimum Gasteiger partial charge on any atom is -0.347 e. The Labute approximate surface area is 200 Å². The second-order valence-electron chi connectivity index (χ2n) is 8.88. The molecule has 4 heterocycles. The van der Waals surface area contributed by atoms with Gasteiger partial charge in [-0.05, 0) is 37.0 Å². The number of imidazole rings is 1. The molecule has 1 aromatic carbocycles. The van der Waals surface area contributed by atoms with E-state index in [0.29, 0.717) is 30.3 Å². The molecule has 1 N–H and O–H groups in total. The van der Waals surface area contributed by atoms with E-state index < -0.39 is 12.1 Å². The average molecular weight is 483 g/mol. The zero-order chi connectivity index (χ0) is 24.7. The lowest BCUT2D eigenvalue weighted by Gasteiger charge is -2.24. The summed E-state index contributed by atoms with van der Waals surface area (Å²) in [7, 11) is 0. The quantitative estimate of drug-likeness (QED) is 0.454. The van der Waals surface area contributed by atoms with E-state index in [1.54, 1.807) is 4.68 Å². The standard InChI is InChI=1S/C25H25F3N6O/c1-3-19-22(33-14-15(2)4-9-20(33)30-19)24(35)29-13-16-5-7-17(8-6-16)23-31-21-12-18(25(26,27)28)10-11-34(21)32-23/h4-9,14,18H,3,10-13H2,1-2H3,(H,29,35). The number of benzene rings is 1. The summed E-state index contributed by atoms with van der Waals surface area (Å²) in [5, 5.41) is 7.35. The number of alkyl halides is 3. The van der Waals surface area contributed by atoms with E-state index in [4.69, 9.17) is 0 Å². The van der Waals surface area contributed by atoms with Crippen LogP contribution in [0.15, 0.2) is 42.6 Å². The Hall–Kier alpha value is -3.69. The Morgan fingerprint density at radius 1 is 1.14 bits per heavy atom. The van der Waals surface area contributed by atoms with Crippen molar-refractivity contribution in [3.05, 3.63) is 70.9 Å². The first kappa shape index (κ1) is 23.1. The van der Waals surface area contributed by atoms with Crippen LogP contribution in [0.5, 0.6) is 0 Å². The van der Waals surface area contributed by atoms with Gasteiger partial charge in [0, 0.05) is 31.3 Å². The molecule has 1 aliphatic rings. The van der Waals surface area contributed by atoms with Crippen molar-refractivity contribution >= 4 is 11.6 Å². The molecule has 182 valence electrons. The number of nitrogens with one attached hydrogen (secondary N) is 1. The lowest BCUT2D eigenvalue weighted by Crippen LogP contribution is -2.31. The lowest BCUT2D eigenvalue weighted by molar-refractivity contribution is -0.179. The SMILES string of the molecule is CCc1nc2ccc(C)cn2c1C(=O)NCc1ccc(-c2nc3n(n2)CCC(C(F)(F)F)C3)cc1. The van der Waals surface area contributed by atoms with Crippen LogP contribution < -0.4 is 5.32 Å². The predicted octanol–water partition coefficient (Wildman–Crippen LogP) is 4.52. The van der Waals surface area contributed by atoms with Gasteiger partial charge in [0.15, 0.2) is 5.82 Å². The number of carbonyl (C=O) groups excluding carboxylic acids is 1. The van der Waals surface area contributed by atoms with Crippen LogP contribution in [0.25, 0.3) is 17.0 Å². The van der Waals surface area contributed by atoms with Crippen molar-refractivity contribution in [2.45, 2.75) is 52.4 Å². The minimum atomic E-state index is -4.22. The number of hydrogen-bond donors (Lipinski definition) is 1. The second-order valence-corrected chi connectivity index (χ2v) is 8.88. The van der Waals surface area contributed by atoms with Gasteiger partial charge in [0.25, 0.3) is 5.91 Å². The van der Waals surface area contributed by atoms with Crippen LogP contribution in [0.4, 0.5) is 13.2 Å². The van der Waals surface area contributed by atoms with Gasteiger partial charge in [-0.3, -0.25) is 9.20 Å². The fourth-order valence-corrected chi connectivity index (χ4v) is 4.43. The number of amides is 1. The van der Waals surface area contributed by atoms with Crippen molar-refractivity contribution in [1.82, 2.24) is 29.5 Å². The molecule has 0 spiro atoms. The largest absolute Gasteiger partial charge is 0.392 e. The summed E-state index contributed by atoms with van der Waals surface area (Å²) >= 11 is 0. The van der Waals surface area contributed by atoms with Gasteiger partial charge in [-0.1, -0.05) is 37.3 Å². The Morgan fingerprint density at radius 2 is 1.91 bits per heavy atom. The Morgan fingerprint density at radius 3 is 2.63 bits per heavy atom. The average Bonchev–Trinajstić information content (AvgIpc) is 3.42. The third-order valence-corrected chi connectivity index (χ3v) is 6.38. The zero-order valence-corrected chi connectivity index (χ0v) is 19.4. The second kappa shape index (κ2) is 8.83. The third-order valence-electron chi connectivity index (χ3n) is 6.38. The first-order valence-electron chi connectivity index (χ1n) is 11.6. The van der Waals surface area contributed by atoms with Gasteiger partial charge >= 0.3 is 6.18 Å². The zero-order valence-electron chi connectivity index (χ0n) is 19.4. The van der Waals surface area contributed by atoms with Gasteiger partial charge in [-0.2, -0.15) is 18.3 Å². The number of carbonyl (C=O) groups is 1. The molecule has 3 aromatic heterocycles. The number of halogens is 3. The van der Waals surface area contributed by atoms with Gasteiger partial charge in [0.1, 0.15) is 17.2 Å². The molecule has 10 heteroatoms. The van der Waals surface area contributed by atoms with Crippen LogP contribution in [-0.2, 0) is 25.9 Å². The minimum absolute atomic E-state index is 0.0176. The molecule has 0 bridgehead atoms. The molecular formula is C25H25F3N6O. The van der Waals surface area contributed by atoms with Gasteiger partial charge in [-0.15, -0.1) is 0 Å². The smallest absolute Gasteiger partial charge is 0.347 e. The van der Waals surface area contributed by atoms with Crippen molar-refractivity contribution in [2.75, 3.05) is 0 Å². The fourth-order valence-electron chi connectivity index (χ4n) is 4.43. The van der Waals surface area contributed by atoms with E-state index in [1.807, 2.05) is 60.8 Å². The molecule has 1 aliphatic heterocycles. The van der Waals surface area contributed by atoms with E-state index in [9.17, 15) is 18.0 Å². The molecule has 1 unspecified atom stereocenters. The molecule has 5 rings (SSSR count). The molecule has 0 fully saturated rings. The van der Waals surface area contributed by atoms with Crippen molar-refractivity contribution in [3.63, 3.8) is 0 Å². The summed E-state index contributed by atoms with van der Waals surface area (Å²) in [4.78, 5) is 21.9. The van der Waals surface area contributed by atoms with E-state index >= 15 is 0 Å². The van der Waals surface area contributed by atoms with Crippen LogP contribution in [0.1, 0.15) is 46.5 Å². The predicted molar refractivity (Wildman–Crippen MR) is 124 cm³/mol. The topological polar surface area (TPSA) is 77.1 Å². The number of pyridine rings is 1. The summed E-state index contributed by atoms with van der Waals surface area (Å²) in [6.45, 7) is 4.46. The highest BCUT2D eigenvalue weighted by Gasteiger charge is 2.42. The van der Waals surface area contributed by atoms with Crippen molar-refractivity contribution < 1.29 is 18.0 Å². The molecule has 0 saturated heterocycles. The van der Waals surface area contributed by atoms with Crippen LogP contribution in [0.3, 0.4) is 0 Å². The fraction of sp³-hybridized carbons (Fsp3) is 0.360. The summed E-state index contributed by atoms with van der Waals surface area (Å²) < 4.78 is 42.6. The highest BCUT2D eigenvalue weighted by molar-refractivity contribution is 5.94. The van der Waals surface area contributed by atoms with E-state index in [0.717, 1.165) is 28.0 Å². The van der Waals surface area contributed by atoms with Gasteiger partial charge in [0.05, 0.1) is 11.6 Å². The van der Waals surface area contributed by atoms with E-state index in [1.165, 1.54) is 0 Å². The van der Waals surface area contributed by atoms with Crippen molar-refractivity contribution in [3.8, 4) is 11.4 Å². The van der Waals surface area contributed by atoms with Crippen LogP contribution in [0.2, 0.25) is 0 Å². The molecule has 0 radical (unpaired) electrons. The molecule has 35 heavy (non-hydrogen) atoms. The van der Waals surface area contributed by atoms with E-state index in [2.05, 4.69) is 20.4 Å². The van der Waals surface area contributed by atoms with Crippen LogP contribution in [0, 0.1) is 12.8 Å². The van der Waals surface area contributed by atoms with Crippen LogP contribution in [-0.4, -0.2) is 36.2 Å². The van der Waals surface area contributed by atoms with Crippen LogP contribution >= 0.6 is 0 Å². The Kier molecular flexibility index (Phi) is 5.82. The van der Waals surface area contributed by atoms with Crippen molar-refractivity contribution in [1.29, 1.82) is 0 Å². The number of fused-ring (bicyclic) bond motifs is 2. The first-order chi connectivity index (χ1) is 16.7. The highest BCUT2D eigenvalue weighted by atomic mass is 19.4. The summed E-state index contributed by atoms with van der Waals surface area (Å²) in [5.74, 6) is -0.804.